The van der Waals surface area contributed by atoms with E-state index in [4.69, 9.17) is 0 Å². The number of H-pyrrole nitrogens is 1. The highest BCUT2D eigenvalue weighted by molar-refractivity contribution is 5.93. The Morgan fingerprint density at radius 1 is 0.970 bits per heavy atom. The van der Waals surface area contributed by atoms with Crippen LogP contribution in [0, 0.1) is 17.6 Å². The van der Waals surface area contributed by atoms with Crippen molar-refractivity contribution in [1.82, 2.24) is 14.9 Å². The third-order valence-corrected chi connectivity index (χ3v) is 6.22. The zero-order valence-electron chi connectivity index (χ0n) is 18.0. The van der Waals surface area contributed by atoms with Crippen LogP contribution in [-0.4, -0.2) is 33.9 Å². The minimum Gasteiger partial charge on any atom is -0.338 e. The second-order valence-corrected chi connectivity index (χ2v) is 8.42. The molecule has 5 rings (SSSR count). The van der Waals surface area contributed by atoms with Gasteiger partial charge < -0.3 is 10.3 Å². The number of likely N-dealkylation sites (tertiary alicyclic amines) is 1. The highest BCUT2D eigenvalue weighted by Crippen LogP contribution is 2.25. The lowest BCUT2D eigenvalue weighted by atomic mass is 9.95. The van der Waals surface area contributed by atoms with Crippen molar-refractivity contribution >= 4 is 22.6 Å². The molecule has 168 valence electrons. The van der Waals surface area contributed by atoms with E-state index in [1.54, 1.807) is 0 Å². The second kappa shape index (κ2) is 9.11. The predicted octanol–water partition coefficient (Wildman–Crippen LogP) is 5.36. The van der Waals surface area contributed by atoms with Gasteiger partial charge in [-0.2, -0.15) is 0 Å². The predicted molar refractivity (Wildman–Crippen MR) is 125 cm³/mol. The summed E-state index contributed by atoms with van der Waals surface area (Å²) in [5, 5.41) is 2.99. The topological polar surface area (TPSA) is 61.0 Å². The molecule has 1 aliphatic rings. The minimum atomic E-state index is -0.527. The van der Waals surface area contributed by atoms with Crippen molar-refractivity contribution in [3.63, 3.8) is 0 Å². The van der Waals surface area contributed by atoms with Crippen LogP contribution in [-0.2, 0) is 11.3 Å². The summed E-state index contributed by atoms with van der Waals surface area (Å²) in [5.41, 5.74) is 3.65. The van der Waals surface area contributed by atoms with Gasteiger partial charge >= 0.3 is 0 Å². The van der Waals surface area contributed by atoms with Crippen LogP contribution in [0.5, 0.6) is 0 Å². The van der Waals surface area contributed by atoms with Crippen LogP contribution in [0.1, 0.15) is 18.4 Å². The molecular formula is C26H24F2N4O. The van der Waals surface area contributed by atoms with Crippen molar-refractivity contribution in [2.24, 2.45) is 5.92 Å². The molecule has 0 radical (unpaired) electrons. The van der Waals surface area contributed by atoms with Crippen molar-refractivity contribution in [2.45, 2.75) is 19.4 Å². The van der Waals surface area contributed by atoms with Crippen molar-refractivity contribution in [3.8, 4) is 11.4 Å². The number of amides is 1. The Kier molecular flexibility index (Phi) is 5.88. The molecule has 1 amide bonds. The van der Waals surface area contributed by atoms with Crippen molar-refractivity contribution in [2.75, 3.05) is 18.4 Å². The number of hydrogen-bond donors (Lipinski definition) is 2. The van der Waals surface area contributed by atoms with Gasteiger partial charge in [-0.25, -0.2) is 13.8 Å². The summed E-state index contributed by atoms with van der Waals surface area (Å²) < 4.78 is 27.8. The first-order valence-corrected chi connectivity index (χ1v) is 11.1. The van der Waals surface area contributed by atoms with Gasteiger partial charge in [0.05, 0.1) is 11.0 Å². The lowest BCUT2D eigenvalue weighted by Crippen LogP contribution is -2.38. The molecule has 0 atom stereocenters. The number of carbonyl (C=O) groups excluding carboxylic acids is 1. The fourth-order valence-corrected chi connectivity index (χ4v) is 4.31. The molecule has 7 heteroatoms. The standard InChI is InChI=1S/C26H24F2N4O/c27-21-4-3-5-22(28)20(21)16-32-14-12-18(13-15-32)26(33)29-19-10-8-17(9-11-19)25-30-23-6-1-2-7-24(23)31-25/h1-11,18H,12-16H2,(H,29,33)(H,30,31). The van der Waals surface area contributed by atoms with Crippen LogP contribution in [0.25, 0.3) is 22.4 Å². The number of nitrogens with one attached hydrogen (secondary N) is 2. The van der Waals surface area contributed by atoms with E-state index < -0.39 is 11.6 Å². The molecule has 2 N–H and O–H groups in total. The third-order valence-electron chi connectivity index (χ3n) is 6.22. The average Bonchev–Trinajstić information content (AvgIpc) is 3.27. The summed E-state index contributed by atoms with van der Waals surface area (Å²) in [7, 11) is 0. The van der Waals surface area contributed by atoms with Gasteiger partial charge in [-0.15, -0.1) is 0 Å². The highest BCUT2D eigenvalue weighted by atomic mass is 19.1. The molecule has 0 bridgehead atoms. The number of anilines is 1. The summed E-state index contributed by atoms with van der Waals surface area (Å²) in [6, 6.07) is 19.4. The minimum absolute atomic E-state index is 0.0248. The van der Waals surface area contributed by atoms with E-state index in [0.29, 0.717) is 25.9 Å². The molecule has 0 saturated carbocycles. The van der Waals surface area contributed by atoms with E-state index in [2.05, 4.69) is 15.3 Å². The van der Waals surface area contributed by atoms with Gasteiger partial charge in [0, 0.05) is 29.3 Å². The van der Waals surface area contributed by atoms with Crippen molar-refractivity contribution in [1.29, 1.82) is 0 Å². The first-order valence-electron chi connectivity index (χ1n) is 11.1. The van der Waals surface area contributed by atoms with Gasteiger partial charge in [-0.05, 0) is 74.5 Å². The van der Waals surface area contributed by atoms with Crippen molar-refractivity contribution in [3.05, 3.63) is 83.9 Å². The van der Waals surface area contributed by atoms with Crippen LogP contribution in [0.2, 0.25) is 0 Å². The summed E-state index contributed by atoms with van der Waals surface area (Å²) in [5.74, 6) is -0.417. The van der Waals surface area contributed by atoms with E-state index in [-0.39, 0.29) is 23.9 Å². The summed E-state index contributed by atoms with van der Waals surface area (Å²) in [6.07, 6.45) is 1.30. The number of imidazole rings is 1. The fourth-order valence-electron chi connectivity index (χ4n) is 4.31. The van der Waals surface area contributed by atoms with Crippen LogP contribution < -0.4 is 5.32 Å². The smallest absolute Gasteiger partial charge is 0.227 e. The maximum atomic E-state index is 13.9. The number of nitrogens with zero attached hydrogens (tertiary/aromatic N) is 2. The molecule has 1 saturated heterocycles. The summed E-state index contributed by atoms with van der Waals surface area (Å²) in [4.78, 5) is 22.6. The monoisotopic (exact) mass is 446 g/mol. The Hall–Kier alpha value is -3.58. The lowest BCUT2D eigenvalue weighted by molar-refractivity contribution is -0.121. The molecule has 1 aliphatic heterocycles. The Balaban J connectivity index is 1.17. The van der Waals surface area contributed by atoms with Crippen LogP contribution in [0.3, 0.4) is 0 Å². The number of halogens is 2. The zero-order valence-corrected chi connectivity index (χ0v) is 18.0. The first kappa shape index (κ1) is 21.3. The zero-order chi connectivity index (χ0) is 22.8. The number of piperidine rings is 1. The summed E-state index contributed by atoms with van der Waals surface area (Å²) in [6.45, 7) is 1.46. The molecular weight excluding hydrogens is 422 g/mol. The molecule has 2 heterocycles. The normalized spacial score (nSPS) is 15.1. The van der Waals surface area contributed by atoms with Crippen LogP contribution in [0.4, 0.5) is 14.5 Å². The molecule has 0 aliphatic carbocycles. The Morgan fingerprint density at radius 3 is 2.36 bits per heavy atom. The highest BCUT2D eigenvalue weighted by Gasteiger charge is 2.26. The SMILES string of the molecule is O=C(Nc1ccc(-c2nc3ccccc3[nH]2)cc1)C1CCN(Cc2c(F)cccc2F)CC1. The van der Waals surface area contributed by atoms with E-state index in [1.165, 1.54) is 18.2 Å². The maximum absolute atomic E-state index is 13.9. The van der Waals surface area contributed by atoms with Gasteiger partial charge in [0.1, 0.15) is 17.5 Å². The molecule has 0 spiro atoms. The van der Waals surface area contributed by atoms with Gasteiger partial charge in [0.2, 0.25) is 5.91 Å². The van der Waals surface area contributed by atoms with Gasteiger partial charge in [-0.1, -0.05) is 18.2 Å². The Morgan fingerprint density at radius 2 is 1.67 bits per heavy atom. The van der Waals surface area contributed by atoms with E-state index in [1.807, 2.05) is 53.4 Å². The van der Waals surface area contributed by atoms with Gasteiger partial charge in [0.15, 0.2) is 0 Å². The molecule has 4 aromatic rings. The van der Waals surface area contributed by atoms with Crippen LogP contribution >= 0.6 is 0 Å². The number of fused-ring (bicyclic) bond motifs is 1. The third kappa shape index (κ3) is 4.64. The van der Waals surface area contributed by atoms with Gasteiger partial charge in [-0.3, -0.25) is 9.69 Å². The number of benzene rings is 3. The maximum Gasteiger partial charge on any atom is 0.227 e. The molecule has 1 fully saturated rings. The number of aromatic nitrogens is 2. The van der Waals surface area contributed by atoms with E-state index in [9.17, 15) is 13.6 Å². The van der Waals surface area contributed by atoms with Gasteiger partial charge in [0.25, 0.3) is 0 Å². The molecule has 0 unspecified atom stereocenters. The largest absolute Gasteiger partial charge is 0.338 e. The molecule has 5 nitrogen and oxygen atoms in total. The molecule has 3 aromatic carbocycles. The second-order valence-electron chi connectivity index (χ2n) is 8.42. The number of hydrogen-bond acceptors (Lipinski definition) is 3. The van der Waals surface area contributed by atoms with E-state index in [0.717, 1.165) is 28.1 Å². The molecule has 1 aromatic heterocycles. The number of carbonyl (C=O) groups is 1. The van der Waals surface area contributed by atoms with Crippen molar-refractivity contribution < 1.29 is 13.6 Å². The summed E-state index contributed by atoms with van der Waals surface area (Å²) >= 11 is 0. The quantitative estimate of drug-likeness (QED) is 0.434. The number of rotatable bonds is 5. The first-order chi connectivity index (χ1) is 16.1. The van der Waals surface area contributed by atoms with Crippen LogP contribution in [0.15, 0.2) is 66.7 Å². The Labute approximate surface area is 190 Å². The number of para-hydroxylation sites is 2. The Bertz CT molecular complexity index is 1220. The molecule has 33 heavy (non-hydrogen) atoms. The number of aromatic amines is 1. The van der Waals surface area contributed by atoms with E-state index >= 15 is 0 Å². The fraction of sp³-hybridized carbons (Fsp3) is 0.231. The lowest BCUT2D eigenvalue weighted by Gasteiger charge is -2.31. The average molecular weight is 447 g/mol.